The highest BCUT2D eigenvalue weighted by Gasteiger charge is 2.25. The molecule has 0 saturated carbocycles. The van der Waals surface area contributed by atoms with Crippen molar-refractivity contribution in [3.63, 3.8) is 0 Å². The van der Waals surface area contributed by atoms with Gasteiger partial charge in [0.1, 0.15) is 0 Å². The zero-order valence-corrected chi connectivity index (χ0v) is 12.3. The van der Waals surface area contributed by atoms with Crippen molar-refractivity contribution in [3.05, 3.63) is 0 Å². The van der Waals surface area contributed by atoms with E-state index in [1.807, 2.05) is 0 Å². The van der Waals surface area contributed by atoms with Crippen LogP contribution in [0.25, 0.3) is 0 Å². The van der Waals surface area contributed by atoms with E-state index in [0.29, 0.717) is 0 Å². The molecule has 3 heteroatoms. The molecule has 2 saturated heterocycles. The Labute approximate surface area is 113 Å². The van der Waals surface area contributed by atoms with Crippen LogP contribution >= 0.6 is 0 Å². The Hall–Kier alpha value is -0.120. The van der Waals surface area contributed by atoms with Gasteiger partial charge in [0.15, 0.2) is 0 Å². The summed E-state index contributed by atoms with van der Waals surface area (Å²) < 4.78 is 0. The van der Waals surface area contributed by atoms with Gasteiger partial charge >= 0.3 is 0 Å². The average Bonchev–Trinajstić information content (AvgIpc) is 2.70. The van der Waals surface area contributed by atoms with E-state index in [2.05, 4.69) is 29.0 Å². The van der Waals surface area contributed by atoms with Gasteiger partial charge in [-0.2, -0.15) is 0 Å². The molecule has 0 aromatic heterocycles. The summed E-state index contributed by atoms with van der Waals surface area (Å²) in [6.45, 7) is 13.6. The van der Waals surface area contributed by atoms with E-state index in [0.717, 1.165) is 12.0 Å². The molecule has 0 spiro atoms. The van der Waals surface area contributed by atoms with Crippen molar-refractivity contribution in [2.75, 3.05) is 45.8 Å². The Kier molecular flexibility index (Phi) is 5.93. The largest absolute Gasteiger partial charge is 0.313 e. The molecule has 3 nitrogen and oxygen atoms in total. The predicted molar refractivity (Wildman–Crippen MR) is 78.0 cm³/mol. The monoisotopic (exact) mass is 253 g/mol. The molecule has 1 N–H and O–H groups in total. The van der Waals surface area contributed by atoms with Gasteiger partial charge in [-0.25, -0.2) is 0 Å². The zero-order valence-electron chi connectivity index (χ0n) is 12.3. The number of nitrogens with zero attached hydrogens (tertiary/aromatic N) is 2. The SMILES string of the molecule is CCCC1CN(CC2CCN(CC)C2)CCCN1. The molecule has 106 valence electrons. The minimum absolute atomic E-state index is 0.737. The van der Waals surface area contributed by atoms with Crippen molar-refractivity contribution in [1.82, 2.24) is 15.1 Å². The molecule has 2 aliphatic rings. The normalized spacial score (nSPS) is 31.7. The zero-order chi connectivity index (χ0) is 12.8. The second-order valence-electron chi connectivity index (χ2n) is 6.10. The lowest BCUT2D eigenvalue weighted by molar-refractivity contribution is 0.220. The summed E-state index contributed by atoms with van der Waals surface area (Å²) in [6, 6.07) is 0.737. The summed E-state index contributed by atoms with van der Waals surface area (Å²) in [5.41, 5.74) is 0. The van der Waals surface area contributed by atoms with E-state index < -0.39 is 0 Å². The maximum Gasteiger partial charge on any atom is 0.0194 e. The smallest absolute Gasteiger partial charge is 0.0194 e. The van der Waals surface area contributed by atoms with Crippen LogP contribution in [0.3, 0.4) is 0 Å². The van der Waals surface area contributed by atoms with Gasteiger partial charge in [-0.3, -0.25) is 0 Å². The van der Waals surface area contributed by atoms with Crippen molar-refractivity contribution in [3.8, 4) is 0 Å². The third-order valence-corrected chi connectivity index (χ3v) is 4.53. The fourth-order valence-corrected chi connectivity index (χ4v) is 3.50. The second-order valence-corrected chi connectivity index (χ2v) is 6.10. The Morgan fingerprint density at radius 3 is 2.72 bits per heavy atom. The van der Waals surface area contributed by atoms with Crippen LogP contribution in [-0.2, 0) is 0 Å². The van der Waals surface area contributed by atoms with Crippen LogP contribution in [0.5, 0.6) is 0 Å². The highest BCUT2D eigenvalue weighted by atomic mass is 15.2. The molecule has 0 aromatic rings. The van der Waals surface area contributed by atoms with Gasteiger partial charge in [0.25, 0.3) is 0 Å². The van der Waals surface area contributed by atoms with Crippen LogP contribution in [0.15, 0.2) is 0 Å². The molecule has 2 atom stereocenters. The minimum atomic E-state index is 0.737. The van der Waals surface area contributed by atoms with Crippen molar-refractivity contribution in [2.24, 2.45) is 5.92 Å². The molecule has 0 bridgehead atoms. The Morgan fingerprint density at radius 2 is 2.00 bits per heavy atom. The Morgan fingerprint density at radius 1 is 1.11 bits per heavy atom. The van der Waals surface area contributed by atoms with Gasteiger partial charge in [-0.1, -0.05) is 20.3 Å². The maximum absolute atomic E-state index is 3.71. The molecule has 2 rings (SSSR count). The van der Waals surface area contributed by atoms with E-state index in [-0.39, 0.29) is 0 Å². The lowest BCUT2D eigenvalue weighted by Crippen LogP contribution is -2.40. The molecule has 0 aliphatic carbocycles. The molecule has 0 aromatic carbocycles. The minimum Gasteiger partial charge on any atom is -0.313 e. The standard InChI is InChI=1S/C15H31N3/c1-3-6-15-13-18(9-5-8-16-15)12-14-7-10-17(4-2)11-14/h14-16H,3-13H2,1-2H3. The molecule has 2 fully saturated rings. The van der Waals surface area contributed by atoms with Crippen molar-refractivity contribution in [1.29, 1.82) is 0 Å². The topological polar surface area (TPSA) is 18.5 Å². The van der Waals surface area contributed by atoms with Crippen molar-refractivity contribution >= 4 is 0 Å². The number of hydrogen-bond acceptors (Lipinski definition) is 3. The third kappa shape index (κ3) is 4.22. The third-order valence-electron chi connectivity index (χ3n) is 4.53. The first-order valence-corrected chi connectivity index (χ1v) is 8.00. The van der Waals surface area contributed by atoms with Gasteiger partial charge in [0.2, 0.25) is 0 Å². The van der Waals surface area contributed by atoms with E-state index >= 15 is 0 Å². The molecule has 18 heavy (non-hydrogen) atoms. The van der Waals surface area contributed by atoms with Gasteiger partial charge < -0.3 is 15.1 Å². The molecule has 2 heterocycles. The number of rotatable bonds is 5. The Bertz CT molecular complexity index is 232. The number of likely N-dealkylation sites (tertiary alicyclic amines) is 1. The van der Waals surface area contributed by atoms with Crippen LogP contribution in [0, 0.1) is 5.92 Å². The summed E-state index contributed by atoms with van der Waals surface area (Å²) >= 11 is 0. The van der Waals surface area contributed by atoms with E-state index in [9.17, 15) is 0 Å². The summed E-state index contributed by atoms with van der Waals surface area (Å²) in [4.78, 5) is 5.33. The molecule has 0 amide bonds. The first-order chi connectivity index (χ1) is 8.81. The van der Waals surface area contributed by atoms with Crippen molar-refractivity contribution in [2.45, 2.75) is 45.6 Å². The van der Waals surface area contributed by atoms with E-state index in [1.54, 1.807) is 0 Å². The lowest BCUT2D eigenvalue weighted by Gasteiger charge is -2.27. The first-order valence-electron chi connectivity index (χ1n) is 8.00. The quantitative estimate of drug-likeness (QED) is 0.806. The molecular formula is C15H31N3. The van der Waals surface area contributed by atoms with Gasteiger partial charge in [0, 0.05) is 25.7 Å². The summed E-state index contributed by atoms with van der Waals surface area (Å²) in [5.74, 6) is 0.922. The first kappa shape index (κ1) is 14.3. The highest BCUT2D eigenvalue weighted by Crippen LogP contribution is 2.18. The summed E-state index contributed by atoms with van der Waals surface area (Å²) in [6.07, 6.45) is 5.38. The van der Waals surface area contributed by atoms with Crippen LogP contribution in [-0.4, -0.2) is 61.7 Å². The maximum atomic E-state index is 3.71. The number of nitrogens with one attached hydrogen (secondary N) is 1. The fourth-order valence-electron chi connectivity index (χ4n) is 3.50. The Balaban J connectivity index is 1.76. The second kappa shape index (κ2) is 7.46. The summed E-state index contributed by atoms with van der Waals surface area (Å²) in [5, 5.41) is 3.71. The van der Waals surface area contributed by atoms with E-state index in [4.69, 9.17) is 0 Å². The molecular weight excluding hydrogens is 222 g/mol. The fraction of sp³-hybridized carbons (Fsp3) is 1.00. The van der Waals surface area contributed by atoms with Gasteiger partial charge in [-0.15, -0.1) is 0 Å². The molecule has 2 aliphatic heterocycles. The van der Waals surface area contributed by atoms with Crippen LogP contribution < -0.4 is 5.32 Å². The van der Waals surface area contributed by atoms with E-state index in [1.165, 1.54) is 71.5 Å². The lowest BCUT2D eigenvalue weighted by atomic mass is 10.1. The van der Waals surface area contributed by atoms with Gasteiger partial charge in [-0.05, 0) is 51.4 Å². The average molecular weight is 253 g/mol. The predicted octanol–water partition coefficient (Wildman–Crippen LogP) is 1.79. The highest BCUT2D eigenvalue weighted by molar-refractivity contribution is 4.81. The van der Waals surface area contributed by atoms with Crippen LogP contribution in [0.4, 0.5) is 0 Å². The van der Waals surface area contributed by atoms with Crippen LogP contribution in [0.1, 0.15) is 39.5 Å². The van der Waals surface area contributed by atoms with Gasteiger partial charge in [0.05, 0.1) is 0 Å². The number of hydrogen-bond donors (Lipinski definition) is 1. The molecule has 0 radical (unpaired) electrons. The molecule has 2 unspecified atom stereocenters. The van der Waals surface area contributed by atoms with Crippen molar-refractivity contribution < 1.29 is 0 Å². The summed E-state index contributed by atoms with van der Waals surface area (Å²) in [7, 11) is 0. The van der Waals surface area contributed by atoms with Crippen LogP contribution in [0.2, 0.25) is 0 Å².